The van der Waals surface area contributed by atoms with Gasteiger partial charge in [-0.15, -0.1) is 0 Å². The number of hydrogen-bond acceptors (Lipinski definition) is 3. The Morgan fingerprint density at radius 2 is 1.40 bits per heavy atom. The van der Waals surface area contributed by atoms with Gasteiger partial charge in [-0.2, -0.15) is 0 Å². The van der Waals surface area contributed by atoms with Crippen molar-refractivity contribution in [3.8, 4) is 0 Å². The molecule has 8 heteroatoms. The van der Waals surface area contributed by atoms with Gasteiger partial charge < -0.3 is 9.47 Å². The Hall–Kier alpha value is -1.70. The fraction of sp³-hybridized carbons (Fsp3) is 0.417. The average molecular weight is 298 g/mol. The Bertz CT molecular complexity index is 475. The summed E-state index contributed by atoms with van der Waals surface area (Å²) >= 11 is 0. The summed E-state index contributed by atoms with van der Waals surface area (Å²) in [6, 6.07) is 0. The molecule has 1 aromatic rings. The van der Waals surface area contributed by atoms with E-state index in [2.05, 4.69) is 9.47 Å². The zero-order valence-corrected chi connectivity index (χ0v) is 10.4. The number of carbonyl (C=O) groups excluding carboxylic acids is 1. The predicted octanol–water partition coefficient (Wildman–Crippen LogP) is 2.50. The van der Waals surface area contributed by atoms with E-state index in [0.29, 0.717) is 0 Å². The zero-order chi connectivity index (χ0) is 15.3. The SMILES string of the molecule is COCCOC(=O)CCc1c(F)c(F)c(F)c(F)c1F. The average Bonchev–Trinajstić information content (AvgIpc) is 2.43. The van der Waals surface area contributed by atoms with Crippen molar-refractivity contribution in [2.75, 3.05) is 20.3 Å². The quantitative estimate of drug-likeness (QED) is 0.266. The molecule has 112 valence electrons. The van der Waals surface area contributed by atoms with E-state index >= 15 is 0 Å². The Kier molecular flexibility index (Phi) is 5.87. The van der Waals surface area contributed by atoms with E-state index in [0.717, 1.165) is 0 Å². The lowest BCUT2D eigenvalue weighted by Gasteiger charge is -2.08. The lowest BCUT2D eigenvalue weighted by molar-refractivity contribution is -0.144. The van der Waals surface area contributed by atoms with E-state index in [1.54, 1.807) is 0 Å². The van der Waals surface area contributed by atoms with E-state index in [1.165, 1.54) is 7.11 Å². The van der Waals surface area contributed by atoms with Crippen molar-refractivity contribution >= 4 is 5.97 Å². The number of benzene rings is 1. The molecule has 0 saturated carbocycles. The number of carbonyl (C=O) groups is 1. The van der Waals surface area contributed by atoms with Crippen molar-refractivity contribution < 1.29 is 36.2 Å². The molecule has 0 fully saturated rings. The first-order valence-corrected chi connectivity index (χ1v) is 5.55. The minimum absolute atomic E-state index is 0.0631. The molecule has 1 aromatic carbocycles. The number of hydrogen-bond donors (Lipinski definition) is 0. The monoisotopic (exact) mass is 298 g/mol. The molecule has 0 radical (unpaired) electrons. The highest BCUT2D eigenvalue weighted by Crippen LogP contribution is 2.24. The van der Waals surface area contributed by atoms with Crippen LogP contribution in [-0.2, 0) is 20.7 Å². The lowest BCUT2D eigenvalue weighted by atomic mass is 10.1. The molecule has 0 bridgehead atoms. The van der Waals surface area contributed by atoms with Gasteiger partial charge in [0, 0.05) is 19.1 Å². The molecule has 0 aliphatic rings. The molecule has 0 spiro atoms. The first-order valence-electron chi connectivity index (χ1n) is 5.55. The molecule has 20 heavy (non-hydrogen) atoms. The van der Waals surface area contributed by atoms with Gasteiger partial charge in [0.05, 0.1) is 6.61 Å². The van der Waals surface area contributed by atoms with Gasteiger partial charge in [0.25, 0.3) is 0 Å². The van der Waals surface area contributed by atoms with Gasteiger partial charge in [0.1, 0.15) is 6.61 Å². The van der Waals surface area contributed by atoms with Crippen LogP contribution in [0.4, 0.5) is 22.0 Å². The lowest BCUT2D eigenvalue weighted by Crippen LogP contribution is -2.13. The third-order valence-corrected chi connectivity index (χ3v) is 2.43. The van der Waals surface area contributed by atoms with Gasteiger partial charge in [-0.25, -0.2) is 22.0 Å². The first-order chi connectivity index (χ1) is 9.40. The molecule has 0 atom stereocenters. The standard InChI is InChI=1S/C12H11F5O3/c1-19-4-5-20-7(18)3-2-6-8(13)10(15)12(17)11(16)9(6)14/h2-5H2,1H3. The predicted molar refractivity (Wildman–Crippen MR) is 57.4 cm³/mol. The van der Waals surface area contributed by atoms with Gasteiger partial charge in [0.15, 0.2) is 23.3 Å². The molecular formula is C12H11F5O3. The fourth-order valence-corrected chi connectivity index (χ4v) is 1.41. The normalized spacial score (nSPS) is 10.7. The Morgan fingerprint density at radius 3 is 1.90 bits per heavy atom. The van der Waals surface area contributed by atoms with E-state index in [1.807, 2.05) is 0 Å². The van der Waals surface area contributed by atoms with E-state index < -0.39 is 53.5 Å². The molecule has 0 N–H and O–H groups in total. The van der Waals surface area contributed by atoms with Gasteiger partial charge in [-0.05, 0) is 6.42 Å². The summed E-state index contributed by atoms with van der Waals surface area (Å²) in [5, 5.41) is 0. The third kappa shape index (κ3) is 3.66. The molecule has 0 aliphatic carbocycles. The number of halogens is 5. The number of ether oxygens (including phenoxy) is 2. The van der Waals surface area contributed by atoms with E-state index in [9.17, 15) is 26.7 Å². The Balaban J connectivity index is 2.76. The maximum absolute atomic E-state index is 13.3. The summed E-state index contributed by atoms with van der Waals surface area (Å²) < 4.78 is 74.3. The van der Waals surface area contributed by atoms with Crippen LogP contribution in [0.25, 0.3) is 0 Å². The molecule has 0 saturated heterocycles. The second-order valence-corrected chi connectivity index (χ2v) is 3.76. The molecule has 0 aliphatic heterocycles. The number of rotatable bonds is 6. The van der Waals surface area contributed by atoms with Crippen molar-refractivity contribution in [2.24, 2.45) is 0 Å². The Labute approximate surface area is 111 Å². The highest BCUT2D eigenvalue weighted by Gasteiger charge is 2.25. The summed E-state index contributed by atoms with van der Waals surface area (Å²) in [5.74, 6) is -11.0. The fourth-order valence-electron chi connectivity index (χ4n) is 1.41. The van der Waals surface area contributed by atoms with Crippen molar-refractivity contribution in [2.45, 2.75) is 12.8 Å². The summed E-state index contributed by atoms with van der Waals surface area (Å²) in [6.07, 6.45) is -1.17. The maximum Gasteiger partial charge on any atom is 0.306 e. The van der Waals surface area contributed by atoms with Crippen molar-refractivity contribution in [3.05, 3.63) is 34.6 Å². The van der Waals surface area contributed by atoms with Crippen molar-refractivity contribution in [3.63, 3.8) is 0 Å². The largest absolute Gasteiger partial charge is 0.463 e. The van der Waals surface area contributed by atoms with Crippen LogP contribution in [0.1, 0.15) is 12.0 Å². The third-order valence-electron chi connectivity index (χ3n) is 2.43. The second kappa shape index (κ2) is 7.18. The van der Waals surface area contributed by atoms with Crippen LogP contribution in [0.15, 0.2) is 0 Å². The van der Waals surface area contributed by atoms with Crippen molar-refractivity contribution in [1.82, 2.24) is 0 Å². The highest BCUT2D eigenvalue weighted by atomic mass is 19.2. The molecule has 0 unspecified atom stereocenters. The van der Waals surface area contributed by atoms with Gasteiger partial charge in [-0.3, -0.25) is 4.79 Å². The minimum atomic E-state index is -2.23. The van der Waals surface area contributed by atoms with Crippen molar-refractivity contribution in [1.29, 1.82) is 0 Å². The van der Waals surface area contributed by atoms with Crippen LogP contribution in [0.2, 0.25) is 0 Å². The van der Waals surface area contributed by atoms with Gasteiger partial charge in [-0.1, -0.05) is 0 Å². The van der Waals surface area contributed by atoms with Gasteiger partial charge in [0.2, 0.25) is 5.82 Å². The Morgan fingerprint density at radius 1 is 0.900 bits per heavy atom. The highest BCUT2D eigenvalue weighted by molar-refractivity contribution is 5.69. The van der Waals surface area contributed by atoms with E-state index in [-0.39, 0.29) is 13.2 Å². The number of methoxy groups -OCH3 is 1. The smallest absolute Gasteiger partial charge is 0.306 e. The molecule has 0 amide bonds. The van der Waals surface area contributed by atoms with E-state index in [4.69, 9.17) is 0 Å². The van der Waals surface area contributed by atoms with Gasteiger partial charge >= 0.3 is 5.97 Å². The van der Waals surface area contributed by atoms with Crippen LogP contribution in [0.5, 0.6) is 0 Å². The molecule has 0 aromatic heterocycles. The minimum Gasteiger partial charge on any atom is -0.463 e. The second-order valence-electron chi connectivity index (χ2n) is 3.76. The van der Waals surface area contributed by atoms with Crippen LogP contribution < -0.4 is 0 Å². The maximum atomic E-state index is 13.3. The van der Waals surface area contributed by atoms with Crippen LogP contribution >= 0.6 is 0 Å². The zero-order valence-electron chi connectivity index (χ0n) is 10.4. The van der Waals surface area contributed by atoms with Crippen LogP contribution in [0.3, 0.4) is 0 Å². The molecule has 0 heterocycles. The molecule has 3 nitrogen and oxygen atoms in total. The number of esters is 1. The summed E-state index contributed by atoms with van der Waals surface area (Å²) in [5.41, 5.74) is -1.04. The van der Waals surface area contributed by atoms with Crippen LogP contribution in [-0.4, -0.2) is 26.3 Å². The topological polar surface area (TPSA) is 35.5 Å². The summed E-state index contributed by atoms with van der Waals surface area (Å²) in [7, 11) is 1.38. The first kappa shape index (κ1) is 16.4. The van der Waals surface area contributed by atoms with Crippen LogP contribution in [0, 0.1) is 29.1 Å². The molecule has 1 rings (SSSR count). The summed E-state index contributed by atoms with van der Waals surface area (Å²) in [6.45, 7) is 0.0701. The molecular weight excluding hydrogens is 287 g/mol. The summed E-state index contributed by atoms with van der Waals surface area (Å²) in [4.78, 5) is 11.2.